The van der Waals surface area contributed by atoms with Crippen LogP contribution in [0.25, 0.3) is 11.5 Å². The van der Waals surface area contributed by atoms with Crippen LogP contribution in [0, 0.1) is 27.7 Å². The molecule has 0 radical (unpaired) electrons. The van der Waals surface area contributed by atoms with Crippen molar-refractivity contribution in [1.82, 2.24) is 14.3 Å². The second-order valence-electron chi connectivity index (χ2n) is 7.35. The van der Waals surface area contributed by atoms with E-state index >= 15 is 0 Å². The summed E-state index contributed by atoms with van der Waals surface area (Å²) in [6.45, 7) is 7.92. The molecule has 2 aromatic heterocycles. The predicted molar refractivity (Wildman–Crippen MR) is 116 cm³/mol. The van der Waals surface area contributed by atoms with Gasteiger partial charge in [0.25, 0.3) is 5.91 Å². The number of para-hydroxylation sites is 1. The van der Waals surface area contributed by atoms with Gasteiger partial charge in [0.2, 0.25) is 0 Å². The monoisotopic (exact) mass is 384 g/mol. The lowest BCUT2D eigenvalue weighted by Crippen LogP contribution is -2.17. The Morgan fingerprint density at radius 1 is 0.897 bits per heavy atom. The molecular weight excluding hydrogens is 360 g/mol. The van der Waals surface area contributed by atoms with Crippen LogP contribution < -0.4 is 5.32 Å². The van der Waals surface area contributed by atoms with Gasteiger partial charge < -0.3 is 9.88 Å². The fraction of sp³-hybridized carbons (Fsp3) is 0.167. The van der Waals surface area contributed by atoms with Gasteiger partial charge in [-0.25, -0.2) is 4.68 Å². The summed E-state index contributed by atoms with van der Waals surface area (Å²) in [5.41, 5.74) is 6.20. The normalized spacial score (nSPS) is 10.9. The molecule has 5 heteroatoms. The van der Waals surface area contributed by atoms with E-state index in [1.165, 1.54) is 0 Å². The fourth-order valence-electron chi connectivity index (χ4n) is 3.62. The standard InChI is InChI=1S/C24H24N4O/c1-16-9-7-12-20(15-16)28-24(27-13-5-6-14-27)21(19(4)26-28)23(29)25-22-17(2)10-8-11-18(22)3/h5-15H,1-4H3,(H,25,29). The summed E-state index contributed by atoms with van der Waals surface area (Å²) < 4.78 is 3.77. The van der Waals surface area contributed by atoms with Crippen molar-refractivity contribution < 1.29 is 4.79 Å². The maximum atomic E-state index is 13.4. The van der Waals surface area contributed by atoms with Crippen molar-refractivity contribution in [2.24, 2.45) is 0 Å². The number of hydrogen-bond donors (Lipinski definition) is 1. The Labute approximate surface area is 170 Å². The number of aryl methyl sites for hydroxylation is 4. The molecule has 2 heterocycles. The average Bonchev–Trinajstić information content (AvgIpc) is 3.32. The van der Waals surface area contributed by atoms with Crippen molar-refractivity contribution in [3.8, 4) is 11.5 Å². The second kappa shape index (κ2) is 7.43. The zero-order chi connectivity index (χ0) is 20.5. The van der Waals surface area contributed by atoms with Crippen LogP contribution in [0.3, 0.4) is 0 Å². The molecule has 29 heavy (non-hydrogen) atoms. The van der Waals surface area contributed by atoms with Crippen molar-refractivity contribution in [2.45, 2.75) is 27.7 Å². The summed E-state index contributed by atoms with van der Waals surface area (Å²) >= 11 is 0. The lowest BCUT2D eigenvalue weighted by molar-refractivity contribution is 0.102. The smallest absolute Gasteiger partial charge is 0.261 e. The molecule has 0 bridgehead atoms. The van der Waals surface area contributed by atoms with E-state index in [-0.39, 0.29) is 5.91 Å². The van der Waals surface area contributed by atoms with Gasteiger partial charge in [-0.05, 0) is 68.7 Å². The molecule has 4 aromatic rings. The number of nitrogens with one attached hydrogen (secondary N) is 1. The van der Waals surface area contributed by atoms with E-state index in [2.05, 4.69) is 11.4 Å². The van der Waals surface area contributed by atoms with E-state index in [4.69, 9.17) is 5.10 Å². The highest BCUT2D eigenvalue weighted by atomic mass is 16.1. The van der Waals surface area contributed by atoms with Crippen molar-refractivity contribution in [1.29, 1.82) is 0 Å². The Hall–Kier alpha value is -3.60. The largest absolute Gasteiger partial charge is 0.321 e. The van der Waals surface area contributed by atoms with E-state index in [0.717, 1.165) is 33.9 Å². The number of anilines is 1. The van der Waals surface area contributed by atoms with E-state index < -0.39 is 0 Å². The Morgan fingerprint density at radius 3 is 2.21 bits per heavy atom. The van der Waals surface area contributed by atoms with Crippen LogP contribution in [0.15, 0.2) is 67.0 Å². The zero-order valence-corrected chi connectivity index (χ0v) is 17.1. The summed E-state index contributed by atoms with van der Waals surface area (Å²) in [5, 5.41) is 7.83. The Bertz CT molecular complexity index is 1170. The van der Waals surface area contributed by atoms with Crippen LogP contribution in [-0.2, 0) is 0 Å². The number of nitrogens with zero attached hydrogens (tertiary/aromatic N) is 3. The molecule has 0 saturated heterocycles. The third-order valence-electron chi connectivity index (χ3n) is 5.08. The van der Waals surface area contributed by atoms with Crippen LogP contribution in [0.5, 0.6) is 0 Å². The van der Waals surface area contributed by atoms with Gasteiger partial charge in [0, 0.05) is 18.1 Å². The molecule has 0 spiro atoms. The van der Waals surface area contributed by atoms with Gasteiger partial charge in [0.05, 0.1) is 11.4 Å². The van der Waals surface area contributed by atoms with Gasteiger partial charge in [-0.3, -0.25) is 4.79 Å². The first-order chi connectivity index (χ1) is 14.0. The second-order valence-corrected chi connectivity index (χ2v) is 7.35. The first-order valence-corrected chi connectivity index (χ1v) is 9.63. The van der Waals surface area contributed by atoms with Crippen molar-refractivity contribution in [3.63, 3.8) is 0 Å². The number of carbonyl (C=O) groups excluding carboxylic acids is 1. The Balaban J connectivity index is 1.86. The molecule has 0 saturated carbocycles. The molecule has 0 fully saturated rings. The number of amides is 1. The van der Waals surface area contributed by atoms with Gasteiger partial charge >= 0.3 is 0 Å². The van der Waals surface area contributed by atoms with Gasteiger partial charge in [-0.15, -0.1) is 0 Å². The van der Waals surface area contributed by atoms with Crippen molar-refractivity contribution in [3.05, 3.63) is 94.9 Å². The minimum Gasteiger partial charge on any atom is -0.321 e. The van der Waals surface area contributed by atoms with Crippen LogP contribution in [0.2, 0.25) is 0 Å². The van der Waals surface area contributed by atoms with Gasteiger partial charge in [0.15, 0.2) is 5.82 Å². The Kier molecular flexibility index (Phi) is 4.80. The third kappa shape index (κ3) is 3.47. The van der Waals surface area contributed by atoms with E-state index in [1.54, 1.807) is 0 Å². The minimum absolute atomic E-state index is 0.164. The molecule has 4 rings (SSSR count). The number of rotatable bonds is 4. The molecule has 1 amide bonds. The fourth-order valence-corrected chi connectivity index (χ4v) is 3.62. The van der Waals surface area contributed by atoms with Crippen molar-refractivity contribution >= 4 is 11.6 Å². The molecule has 1 N–H and O–H groups in total. The molecule has 2 aromatic carbocycles. The minimum atomic E-state index is -0.164. The molecule has 146 valence electrons. The lowest BCUT2D eigenvalue weighted by atomic mass is 10.1. The zero-order valence-electron chi connectivity index (χ0n) is 17.1. The number of benzene rings is 2. The summed E-state index contributed by atoms with van der Waals surface area (Å²) in [5.74, 6) is 0.560. The number of hydrogen-bond acceptors (Lipinski definition) is 2. The summed E-state index contributed by atoms with van der Waals surface area (Å²) in [6.07, 6.45) is 3.86. The molecule has 0 atom stereocenters. The number of carbonyl (C=O) groups is 1. The highest BCUT2D eigenvalue weighted by Gasteiger charge is 2.24. The molecule has 0 aliphatic heterocycles. The van der Waals surface area contributed by atoms with E-state index in [9.17, 15) is 4.79 Å². The maximum absolute atomic E-state index is 13.4. The topological polar surface area (TPSA) is 51.9 Å². The quantitative estimate of drug-likeness (QED) is 0.529. The average molecular weight is 384 g/mol. The maximum Gasteiger partial charge on any atom is 0.261 e. The van der Waals surface area contributed by atoms with Crippen LogP contribution in [-0.4, -0.2) is 20.3 Å². The SMILES string of the molecule is Cc1cccc(-n2nc(C)c(C(=O)Nc3c(C)cccc3C)c2-n2cccc2)c1. The van der Waals surface area contributed by atoms with Gasteiger partial charge in [-0.2, -0.15) is 5.10 Å². The third-order valence-corrected chi connectivity index (χ3v) is 5.08. The van der Waals surface area contributed by atoms with Crippen molar-refractivity contribution in [2.75, 3.05) is 5.32 Å². The highest BCUT2D eigenvalue weighted by Crippen LogP contribution is 2.26. The van der Waals surface area contributed by atoms with Crippen LogP contribution in [0.4, 0.5) is 5.69 Å². The van der Waals surface area contributed by atoms with Gasteiger partial charge in [-0.1, -0.05) is 30.3 Å². The van der Waals surface area contributed by atoms with E-state index in [0.29, 0.717) is 11.3 Å². The van der Waals surface area contributed by atoms with Crippen LogP contribution in [0.1, 0.15) is 32.7 Å². The highest BCUT2D eigenvalue weighted by molar-refractivity contribution is 6.08. The molecule has 0 unspecified atom stereocenters. The molecular formula is C24H24N4O. The number of aromatic nitrogens is 3. The summed E-state index contributed by atoms with van der Waals surface area (Å²) in [7, 11) is 0. The lowest BCUT2D eigenvalue weighted by Gasteiger charge is -2.14. The Morgan fingerprint density at radius 2 is 1.55 bits per heavy atom. The molecule has 5 nitrogen and oxygen atoms in total. The molecule has 0 aliphatic carbocycles. The van der Waals surface area contributed by atoms with E-state index in [1.807, 2.05) is 97.9 Å². The molecule has 0 aliphatic rings. The first kappa shape index (κ1) is 18.7. The predicted octanol–water partition coefficient (Wildman–Crippen LogP) is 5.15. The summed E-state index contributed by atoms with van der Waals surface area (Å²) in [4.78, 5) is 13.4. The first-order valence-electron chi connectivity index (χ1n) is 9.63. The van der Waals surface area contributed by atoms with Crippen LogP contribution >= 0.6 is 0 Å². The van der Waals surface area contributed by atoms with Gasteiger partial charge in [0.1, 0.15) is 5.56 Å². The summed E-state index contributed by atoms with van der Waals surface area (Å²) in [6, 6.07) is 18.0.